The summed E-state index contributed by atoms with van der Waals surface area (Å²) in [6, 6.07) is 16.4. The monoisotopic (exact) mass is 438 g/mol. The SMILES string of the molecule is CCCCCCCCCCCCCC(c1ccc(OC)cc1)c1ccc(OC(C)=O)cc1. The van der Waals surface area contributed by atoms with Crippen molar-refractivity contribution in [1.82, 2.24) is 0 Å². The Hall–Kier alpha value is -2.29. The molecule has 0 aliphatic heterocycles. The van der Waals surface area contributed by atoms with E-state index in [0.29, 0.717) is 11.7 Å². The van der Waals surface area contributed by atoms with Gasteiger partial charge in [0.2, 0.25) is 0 Å². The first-order valence-electron chi connectivity index (χ1n) is 12.6. The molecule has 1 unspecified atom stereocenters. The highest BCUT2D eigenvalue weighted by atomic mass is 16.5. The largest absolute Gasteiger partial charge is 0.497 e. The van der Waals surface area contributed by atoms with Gasteiger partial charge in [-0.1, -0.05) is 102 Å². The molecule has 0 saturated heterocycles. The van der Waals surface area contributed by atoms with E-state index in [1.165, 1.54) is 88.7 Å². The van der Waals surface area contributed by atoms with Gasteiger partial charge in [-0.05, 0) is 41.8 Å². The molecule has 0 amide bonds. The summed E-state index contributed by atoms with van der Waals surface area (Å²) in [6.45, 7) is 3.71. The van der Waals surface area contributed by atoms with E-state index in [1.807, 2.05) is 24.3 Å². The molecule has 0 aromatic heterocycles. The fourth-order valence-electron chi connectivity index (χ4n) is 4.31. The molecule has 3 heteroatoms. The molecule has 0 bridgehead atoms. The molecule has 1 atom stereocenters. The van der Waals surface area contributed by atoms with Crippen molar-refractivity contribution in [3.05, 3.63) is 59.7 Å². The van der Waals surface area contributed by atoms with Crippen LogP contribution in [-0.2, 0) is 4.79 Å². The minimum absolute atomic E-state index is 0.287. The highest BCUT2D eigenvalue weighted by Crippen LogP contribution is 2.32. The third-order valence-corrected chi connectivity index (χ3v) is 6.16. The zero-order valence-corrected chi connectivity index (χ0v) is 20.4. The first-order valence-corrected chi connectivity index (χ1v) is 12.6. The molecular weight excluding hydrogens is 396 g/mol. The maximum Gasteiger partial charge on any atom is 0.308 e. The van der Waals surface area contributed by atoms with Crippen LogP contribution in [0.5, 0.6) is 11.5 Å². The van der Waals surface area contributed by atoms with Crippen LogP contribution in [0.4, 0.5) is 0 Å². The Bertz CT molecular complexity index is 749. The number of methoxy groups -OCH3 is 1. The zero-order chi connectivity index (χ0) is 23.0. The standard InChI is InChI=1S/C29H42O3/c1-4-5-6-7-8-9-10-11-12-13-14-15-29(25-16-20-27(31-3)21-17-25)26-18-22-28(23-19-26)32-24(2)30/h16-23,29H,4-15H2,1-3H3. The molecule has 32 heavy (non-hydrogen) atoms. The summed E-state index contributed by atoms with van der Waals surface area (Å²) in [5.41, 5.74) is 2.57. The van der Waals surface area contributed by atoms with Crippen molar-refractivity contribution in [1.29, 1.82) is 0 Å². The van der Waals surface area contributed by atoms with Gasteiger partial charge in [0.15, 0.2) is 0 Å². The van der Waals surface area contributed by atoms with Gasteiger partial charge in [-0.15, -0.1) is 0 Å². The van der Waals surface area contributed by atoms with Crippen LogP contribution in [0, 0.1) is 0 Å². The Kier molecular flexibility index (Phi) is 12.6. The second-order valence-corrected chi connectivity index (χ2v) is 8.81. The lowest BCUT2D eigenvalue weighted by Crippen LogP contribution is -2.04. The van der Waals surface area contributed by atoms with Crippen molar-refractivity contribution >= 4 is 5.97 Å². The molecule has 0 radical (unpaired) electrons. The van der Waals surface area contributed by atoms with Gasteiger partial charge in [0.1, 0.15) is 11.5 Å². The Balaban J connectivity index is 1.84. The Morgan fingerprint density at radius 1 is 0.688 bits per heavy atom. The van der Waals surface area contributed by atoms with E-state index in [-0.39, 0.29) is 5.97 Å². The Morgan fingerprint density at radius 3 is 1.56 bits per heavy atom. The van der Waals surface area contributed by atoms with E-state index in [9.17, 15) is 4.79 Å². The van der Waals surface area contributed by atoms with Crippen LogP contribution in [0.3, 0.4) is 0 Å². The number of carbonyl (C=O) groups is 1. The van der Waals surface area contributed by atoms with Crippen molar-refractivity contribution in [2.75, 3.05) is 7.11 Å². The van der Waals surface area contributed by atoms with Gasteiger partial charge in [0, 0.05) is 12.8 Å². The van der Waals surface area contributed by atoms with Crippen molar-refractivity contribution in [2.24, 2.45) is 0 Å². The van der Waals surface area contributed by atoms with E-state index in [0.717, 1.165) is 12.2 Å². The van der Waals surface area contributed by atoms with E-state index in [4.69, 9.17) is 9.47 Å². The van der Waals surface area contributed by atoms with Gasteiger partial charge < -0.3 is 9.47 Å². The number of esters is 1. The molecule has 0 fully saturated rings. The van der Waals surface area contributed by atoms with Crippen LogP contribution in [0.2, 0.25) is 0 Å². The number of rotatable bonds is 16. The van der Waals surface area contributed by atoms with Crippen LogP contribution < -0.4 is 9.47 Å². The smallest absolute Gasteiger partial charge is 0.308 e. The Morgan fingerprint density at radius 2 is 1.12 bits per heavy atom. The summed E-state index contributed by atoms with van der Waals surface area (Å²) < 4.78 is 10.5. The van der Waals surface area contributed by atoms with Gasteiger partial charge in [-0.3, -0.25) is 4.79 Å². The van der Waals surface area contributed by atoms with Crippen LogP contribution in [0.1, 0.15) is 108 Å². The van der Waals surface area contributed by atoms with E-state index in [2.05, 4.69) is 31.2 Å². The van der Waals surface area contributed by atoms with Gasteiger partial charge in [0.25, 0.3) is 0 Å². The number of carbonyl (C=O) groups excluding carboxylic acids is 1. The van der Waals surface area contributed by atoms with Crippen molar-refractivity contribution in [3.8, 4) is 11.5 Å². The van der Waals surface area contributed by atoms with Gasteiger partial charge in [-0.25, -0.2) is 0 Å². The molecule has 0 saturated carbocycles. The maximum atomic E-state index is 11.2. The maximum absolute atomic E-state index is 11.2. The minimum Gasteiger partial charge on any atom is -0.497 e. The number of hydrogen-bond acceptors (Lipinski definition) is 3. The molecule has 0 aliphatic carbocycles. The molecule has 2 aromatic rings. The lowest BCUT2D eigenvalue weighted by atomic mass is 9.86. The number of hydrogen-bond donors (Lipinski definition) is 0. The zero-order valence-electron chi connectivity index (χ0n) is 20.4. The van der Waals surface area contributed by atoms with Crippen LogP contribution in [0.15, 0.2) is 48.5 Å². The highest BCUT2D eigenvalue weighted by molar-refractivity contribution is 5.69. The summed E-state index contributed by atoms with van der Waals surface area (Å²) in [5, 5.41) is 0. The average Bonchev–Trinajstić information content (AvgIpc) is 2.80. The van der Waals surface area contributed by atoms with Crippen LogP contribution >= 0.6 is 0 Å². The topological polar surface area (TPSA) is 35.5 Å². The third-order valence-electron chi connectivity index (χ3n) is 6.16. The normalized spacial score (nSPS) is 11.8. The Labute approximate surface area is 195 Å². The number of ether oxygens (including phenoxy) is 2. The van der Waals surface area contributed by atoms with Crippen molar-refractivity contribution in [3.63, 3.8) is 0 Å². The average molecular weight is 439 g/mol. The first-order chi connectivity index (χ1) is 15.6. The highest BCUT2D eigenvalue weighted by Gasteiger charge is 2.15. The van der Waals surface area contributed by atoms with Gasteiger partial charge in [-0.2, -0.15) is 0 Å². The predicted octanol–water partition coefficient (Wildman–Crippen LogP) is 8.45. The summed E-state index contributed by atoms with van der Waals surface area (Å²) in [5.74, 6) is 1.54. The lowest BCUT2D eigenvalue weighted by molar-refractivity contribution is -0.131. The van der Waals surface area contributed by atoms with E-state index >= 15 is 0 Å². The van der Waals surface area contributed by atoms with Crippen LogP contribution in [0.25, 0.3) is 0 Å². The molecule has 0 aliphatic rings. The predicted molar refractivity (Wildman–Crippen MR) is 134 cm³/mol. The second-order valence-electron chi connectivity index (χ2n) is 8.81. The van der Waals surface area contributed by atoms with Crippen molar-refractivity contribution in [2.45, 2.75) is 96.8 Å². The first kappa shape index (κ1) is 26.0. The molecular formula is C29H42O3. The van der Waals surface area contributed by atoms with Crippen molar-refractivity contribution < 1.29 is 14.3 Å². The number of benzene rings is 2. The molecule has 0 heterocycles. The minimum atomic E-state index is -0.287. The quantitative estimate of drug-likeness (QED) is 0.150. The fraction of sp³-hybridized carbons (Fsp3) is 0.552. The lowest BCUT2D eigenvalue weighted by Gasteiger charge is -2.19. The molecule has 0 N–H and O–H groups in total. The van der Waals surface area contributed by atoms with Gasteiger partial charge in [0.05, 0.1) is 7.11 Å². The molecule has 3 nitrogen and oxygen atoms in total. The molecule has 0 spiro atoms. The third kappa shape index (κ3) is 9.89. The number of unbranched alkanes of at least 4 members (excludes halogenated alkanes) is 10. The fourth-order valence-corrected chi connectivity index (χ4v) is 4.31. The summed E-state index contributed by atoms with van der Waals surface area (Å²) in [4.78, 5) is 11.2. The molecule has 2 rings (SSSR count). The van der Waals surface area contributed by atoms with Crippen LogP contribution in [-0.4, -0.2) is 13.1 Å². The summed E-state index contributed by atoms with van der Waals surface area (Å²) in [7, 11) is 1.70. The van der Waals surface area contributed by atoms with Gasteiger partial charge >= 0.3 is 5.97 Å². The molecule has 176 valence electrons. The molecule has 2 aromatic carbocycles. The summed E-state index contributed by atoms with van der Waals surface area (Å²) in [6.07, 6.45) is 16.0. The second kappa shape index (κ2) is 15.5. The van der Waals surface area contributed by atoms with E-state index in [1.54, 1.807) is 7.11 Å². The van der Waals surface area contributed by atoms with E-state index < -0.39 is 0 Å². The summed E-state index contributed by atoms with van der Waals surface area (Å²) >= 11 is 0.